The molecule has 0 saturated carbocycles. The normalized spacial score (nSPS) is 16.0. The lowest BCUT2D eigenvalue weighted by Gasteiger charge is -2.10. The van der Waals surface area contributed by atoms with Gasteiger partial charge in [0.15, 0.2) is 6.29 Å². The van der Waals surface area contributed by atoms with Crippen LogP contribution in [-0.4, -0.2) is 24.0 Å². The van der Waals surface area contributed by atoms with E-state index in [-0.39, 0.29) is 16.8 Å². The number of amides is 1. The van der Waals surface area contributed by atoms with Crippen LogP contribution < -0.4 is 5.73 Å². The Kier molecular flexibility index (Phi) is 3.03. The van der Waals surface area contributed by atoms with Gasteiger partial charge in [0.05, 0.1) is 23.7 Å². The lowest BCUT2D eigenvalue weighted by atomic mass is 10.1. The van der Waals surface area contributed by atoms with Gasteiger partial charge in [0, 0.05) is 11.6 Å². The number of benzene rings is 1. The Balaban J connectivity index is 2.44. The van der Waals surface area contributed by atoms with Gasteiger partial charge in [-0.15, -0.1) is 0 Å². The van der Waals surface area contributed by atoms with Crippen LogP contribution in [0.2, 0.25) is 0 Å². The predicted molar refractivity (Wildman–Crippen MR) is 56.3 cm³/mol. The summed E-state index contributed by atoms with van der Waals surface area (Å²) in [7, 11) is 0. The molecule has 7 nitrogen and oxygen atoms in total. The summed E-state index contributed by atoms with van der Waals surface area (Å²) >= 11 is 0. The molecule has 1 fully saturated rings. The molecule has 0 spiro atoms. The molecule has 0 aromatic heterocycles. The summed E-state index contributed by atoms with van der Waals surface area (Å²) < 4.78 is 10.4. The van der Waals surface area contributed by atoms with Crippen LogP contribution in [0.3, 0.4) is 0 Å². The van der Waals surface area contributed by atoms with Gasteiger partial charge in [0.2, 0.25) is 5.91 Å². The van der Waals surface area contributed by atoms with Crippen molar-refractivity contribution in [2.24, 2.45) is 5.73 Å². The molecule has 1 aromatic rings. The van der Waals surface area contributed by atoms with E-state index < -0.39 is 17.1 Å². The first kappa shape index (κ1) is 11.5. The summed E-state index contributed by atoms with van der Waals surface area (Å²) in [5, 5.41) is 10.9. The average molecular weight is 238 g/mol. The molecule has 2 N–H and O–H groups in total. The van der Waals surface area contributed by atoms with Crippen LogP contribution in [-0.2, 0) is 9.47 Å². The Morgan fingerprint density at radius 2 is 2.06 bits per heavy atom. The van der Waals surface area contributed by atoms with Gasteiger partial charge in [-0.25, -0.2) is 0 Å². The van der Waals surface area contributed by atoms with Crippen molar-refractivity contribution in [1.82, 2.24) is 0 Å². The zero-order valence-electron chi connectivity index (χ0n) is 8.79. The first-order valence-corrected chi connectivity index (χ1v) is 4.91. The minimum absolute atomic E-state index is 0.0819. The number of nitro benzene ring substituents is 1. The molecule has 0 bridgehead atoms. The van der Waals surface area contributed by atoms with Gasteiger partial charge in [-0.3, -0.25) is 14.9 Å². The molecule has 1 aliphatic rings. The molecule has 1 amide bonds. The summed E-state index contributed by atoms with van der Waals surface area (Å²) in [5.74, 6) is -0.715. The van der Waals surface area contributed by atoms with E-state index in [1.807, 2.05) is 0 Å². The van der Waals surface area contributed by atoms with E-state index in [9.17, 15) is 14.9 Å². The van der Waals surface area contributed by atoms with E-state index in [2.05, 4.69) is 0 Å². The molecule has 0 radical (unpaired) electrons. The van der Waals surface area contributed by atoms with E-state index in [4.69, 9.17) is 15.2 Å². The third-order valence-electron chi connectivity index (χ3n) is 2.39. The number of ether oxygens (including phenoxy) is 2. The molecule has 0 aliphatic carbocycles. The zero-order valence-corrected chi connectivity index (χ0v) is 8.79. The number of carbonyl (C=O) groups excluding carboxylic acids is 1. The summed E-state index contributed by atoms with van der Waals surface area (Å²) in [5.41, 5.74) is 5.21. The molecule has 1 saturated heterocycles. The van der Waals surface area contributed by atoms with Gasteiger partial charge >= 0.3 is 0 Å². The van der Waals surface area contributed by atoms with Crippen LogP contribution in [0.25, 0.3) is 0 Å². The number of carbonyl (C=O) groups is 1. The van der Waals surface area contributed by atoms with Gasteiger partial charge in [0.1, 0.15) is 0 Å². The second-order valence-electron chi connectivity index (χ2n) is 3.47. The third-order valence-corrected chi connectivity index (χ3v) is 2.39. The summed E-state index contributed by atoms with van der Waals surface area (Å²) in [6.07, 6.45) is -0.752. The number of nitrogens with two attached hydrogens (primary N) is 1. The molecular weight excluding hydrogens is 228 g/mol. The van der Waals surface area contributed by atoms with Gasteiger partial charge < -0.3 is 15.2 Å². The van der Waals surface area contributed by atoms with E-state index in [1.165, 1.54) is 12.1 Å². The number of hydrogen-bond donors (Lipinski definition) is 1. The van der Waals surface area contributed by atoms with Crippen molar-refractivity contribution >= 4 is 11.6 Å². The lowest BCUT2D eigenvalue weighted by molar-refractivity contribution is -0.386. The monoisotopic (exact) mass is 238 g/mol. The minimum atomic E-state index is -0.752. The number of primary amides is 1. The molecule has 1 aliphatic heterocycles. The van der Waals surface area contributed by atoms with Crippen LogP contribution in [0.1, 0.15) is 22.2 Å². The van der Waals surface area contributed by atoms with E-state index in [1.54, 1.807) is 0 Å². The Labute approximate surface area is 96.3 Å². The fourth-order valence-corrected chi connectivity index (χ4v) is 1.59. The summed E-state index contributed by atoms with van der Waals surface area (Å²) in [4.78, 5) is 21.3. The van der Waals surface area contributed by atoms with Crippen molar-refractivity contribution in [3.63, 3.8) is 0 Å². The highest BCUT2D eigenvalue weighted by Crippen LogP contribution is 2.31. The first-order chi connectivity index (χ1) is 8.09. The molecular formula is C10H10N2O5. The fraction of sp³-hybridized carbons (Fsp3) is 0.300. The maximum Gasteiger partial charge on any atom is 0.278 e. The van der Waals surface area contributed by atoms with E-state index in [0.29, 0.717) is 13.2 Å². The Morgan fingerprint density at radius 1 is 1.41 bits per heavy atom. The quantitative estimate of drug-likeness (QED) is 0.617. The van der Waals surface area contributed by atoms with Crippen molar-refractivity contribution < 1.29 is 19.2 Å². The molecule has 7 heteroatoms. The summed E-state index contributed by atoms with van der Waals surface area (Å²) in [6.45, 7) is 0.777. The standard InChI is InChI=1S/C10H10N2O5/c11-9(13)6-1-2-7(8(5-6)12(14)15)10-16-3-4-17-10/h1-2,5,10H,3-4H2,(H2,11,13). The molecule has 0 unspecified atom stereocenters. The van der Waals surface area contributed by atoms with Gasteiger partial charge in [0.25, 0.3) is 5.69 Å². The molecule has 0 atom stereocenters. The van der Waals surface area contributed by atoms with Crippen molar-refractivity contribution in [1.29, 1.82) is 0 Å². The van der Waals surface area contributed by atoms with Crippen LogP contribution >= 0.6 is 0 Å². The SMILES string of the molecule is NC(=O)c1ccc(C2OCCO2)c([N+](=O)[O-])c1. The van der Waals surface area contributed by atoms with Gasteiger partial charge in [-0.2, -0.15) is 0 Å². The van der Waals surface area contributed by atoms with Crippen molar-refractivity contribution in [2.45, 2.75) is 6.29 Å². The first-order valence-electron chi connectivity index (χ1n) is 4.91. The predicted octanol–water partition coefficient (Wildman–Crippen LogP) is 0.739. The smallest absolute Gasteiger partial charge is 0.278 e. The Bertz CT molecular complexity index is 468. The van der Waals surface area contributed by atoms with Crippen LogP contribution in [0, 0.1) is 10.1 Å². The van der Waals surface area contributed by atoms with E-state index >= 15 is 0 Å². The van der Waals surface area contributed by atoms with Crippen molar-refractivity contribution in [3.8, 4) is 0 Å². The summed E-state index contributed by atoms with van der Waals surface area (Å²) in [6, 6.07) is 3.96. The number of hydrogen-bond acceptors (Lipinski definition) is 5. The highest BCUT2D eigenvalue weighted by atomic mass is 16.7. The van der Waals surface area contributed by atoms with Crippen molar-refractivity contribution in [2.75, 3.05) is 13.2 Å². The topological polar surface area (TPSA) is 105 Å². The average Bonchev–Trinajstić information content (AvgIpc) is 2.81. The maximum atomic E-state index is 10.9. The molecule has 17 heavy (non-hydrogen) atoms. The van der Waals surface area contributed by atoms with E-state index in [0.717, 1.165) is 6.07 Å². The lowest BCUT2D eigenvalue weighted by Crippen LogP contribution is -2.12. The maximum absolute atomic E-state index is 10.9. The van der Waals surface area contributed by atoms with Gasteiger partial charge in [-0.1, -0.05) is 0 Å². The Morgan fingerprint density at radius 3 is 2.59 bits per heavy atom. The molecule has 2 rings (SSSR count). The number of rotatable bonds is 3. The number of nitro groups is 1. The minimum Gasteiger partial charge on any atom is -0.366 e. The molecule has 1 aromatic carbocycles. The van der Waals surface area contributed by atoms with Crippen LogP contribution in [0.5, 0.6) is 0 Å². The van der Waals surface area contributed by atoms with Gasteiger partial charge in [-0.05, 0) is 12.1 Å². The van der Waals surface area contributed by atoms with Crippen molar-refractivity contribution in [3.05, 3.63) is 39.4 Å². The largest absolute Gasteiger partial charge is 0.366 e. The highest BCUT2D eigenvalue weighted by molar-refractivity contribution is 5.93. The highest BCUT2D eigenvalue weighted by Gasteiger charge is 2.27. The van der Waals surface area contributed by atoms with Crippen LogP contribution in [0.4, 0.5) is 5.69 Å². The second kappa shape index (κ2) is 4.48. The molecule has 1 heterocycles. The van der Waals surface area contributed by atoms with Crippen LogP contribution in [0.15, 0.2) is 18.2 Å². The molecule has 90 valence electrons. The Hall–Kier alpha value is -1.99. The zero-order chi connectivity index (χ0) is 12.4. The number of nitrogens with zero attached hydrogens (tertiary/aromatic N) is 1. The fourth-order valence-electron chi connectivity index (χ4n) is 1.59. The third kappa shape index (κ3) is 2.24. The second-order valence-corrected chi connectivity index (χ2v) is 3.47.